The molecule has 110 valence electrons. The number of carboxylic acid groups (broad SMARTS) is 1. The maximum Gasteiger partial charge on any atom is 0.407 e. The van der Waals surface area contributed by atoms with Crippen molar-refractivity contribution in [1.29, 1.82) is 0 Å². The van der Waals surface area contributed by atoms with E-state index in [-0.39, 0.29) is 6.04 Å². The minimum atomic E-state index is -0.913. The summed E-state index contributed by atoms with van der Waals surface area (Å²) < 4.78 is 0. The van der Waals surface area contributed by atoms with Crippen LogP contribution in [0.4, 0.5) is 10.6 Å². The fourth-order valence-corrected chi connectivity index (χ4v) is 2.82. The smallest absolute Gasteiger partial charge is 0.407 e. The number of H-pyrrole nitrogens is 1. The minimum Gasteiger partial charge on any atom is -0.465 e. The molecule has 0 fully saturated rings. The van der Waals surface area contributed by atoms with E-state index in [2.05, 4.69) is 27.2 Å². The Balaban J connectivity index is 1.84. The normalized spacial score (nSPS) is 17.4. The van der Waals surface area contributed by atoms with Gasteiger partial charge in [0.2, 0.25) is 0 Å². The summed E-state index contributed by atoms with van der Waals surface area (Å²) >= 11 is 0. The average Bonchev–Trinajstić information content (AvgIpc) is 2.98. The molecule has 0 saturated carbocycles. The molecule has 2 N–H and O–H groups in total. The summed E-state index contributed by atoms with van der Waals surface area (Å²) in [5.74, 6) is 0.850. The summed E-state index contributed by atoms with van der Waals surface area (Å²) in [4.78, 5) is 14.7. The topological polar surface area (TPSA) is 72.5 Å². The van der Waals surface area contributed by atoms with E-state index in [4.69, 9.17) is 0 Å². The van der Waals surface area contributed by atoms with Crippen molar-refractivity contribution in [2.24, 2.45) is 0 Å². The minimum absolute atomic E-state index is 0.136. The van der Waals surface area contributed by atoms with E-state index < -0.39 is 6.09 Å². The van der Waals surface area contributed by atoms with Gasteiger partial charge in [0.1, 0.15) is 0 Å². The number of hydrogen-bond acceptors (Lipinski definition) is 3. The lowest BCUT2D eigenvalue weighted by molar-refractivity contribution is 0.135. The van der Waals surface area contributed by atoms with Crippen molar-refractivity contribution in [2.45, 2.75) is 19.0 Å². The third-order valence-corrected chi connectivity index (χ3v) is 3.97. The molecule has 2 aromatic rings. The summed E-state index contributed by atoms with van der Waals surface area (Å²) in [6, 6.07) is 10.1. The van der Waals surface area contributed by atoms with E-state index in [0.29, 0.717) is 0 Å². The van der Waals surface area contributed by atoms with Crippen molar-refractivity contribution in [3.63, 3.8) is 0 Å². The lowest BCUT2D eigenvalue weighted by Gasteiger charge is -2.35. The van der Waals surface area contributed by atoms with Gasteiger partial charge in [-0.1, -0.05) is 30.3 Å². The van der Waals surface area contributed by atoms with Gasteiger partial charge >= 0.3 is 6.09 Å². The molecule has 0 saturated heterocycles. The van der Waals surface area contributed by atoms with Crippen molar-refractivity contribution in [1.82, 2.24) is 15.1 Å². The van der Waals surface area contributed by atoms with Crippen LogP contribution in [0.5, 0.6) is 0 Å². The standard InChI is InChI=1S/C15H18N4O2/c1-18(15(20)21)13-7-8-19(14-12(13)9-16-17-14)10-11-5-3-2-4-6-11/h2-6,9,13H,7-8,10H2,1H3,(H,16,17)(H,20,21). The van der Waals surface area contributed by atoms with Crippen LogP contribution < -0.4 is 4.90 Å². The van der Waals surface area contributed by atoms with Crippen LogP contribution in [0.25, 0.3) is 0 Å². The van der Waals surface area contributed by atoms with Crippen LogP contribution in [0.1, 0.15) is 23.6 Å². The van der Waals surface area contributed by atoms with Gasteiger partial charge in [-0.05, 0) is 12.0 Å². The average molecular weight is 286 g/mol. The molecular formula is C15H18N4O2. The zero-order valence-corrected chi connectivity index (χ0v) is 11.9. The lowest BCUT2D eigenvalue weighted by Crippen LogP contribution is -2.38. The molecule has 1 aromatic carbocycles. The van der Waals surface area contributed by atoms with E-state index in [0.717, 1.165) is 30.9 Å². The first-order valence-corrected chi connectivity index (χ1v) is 6.95. The molecule has 1 amide bonds. The quantitative estimate of drug-likeness (QED) is 0.909. The Morgan fingerprint density at radius 3 is 2.95 bits per heavy atom. The molecule has 1 aromatic heterocycles. The fourth-order valence-electron chi connectivity index (χ4n) is 2.82. The lowest BCUT2D eigenvalue weighted by atomic mass is 10.00. The van der Waals surface area contributed by atoms with Gasteiger partial charge in [0.15, 0.2) is 5.82 Å². The number of benzene rings is 1. The Hall–Kier alpha value is -2.50. The van der Waals surface area contributed by atoms with Crippen molar-refractivity contribution in [3.8, 4) is 0 Å². The first-order valence-electron chi connectivity index (χ1n) is 6.95. The van der Waals surface area contributed by atoms with Crippen LogP contribution in [-0.2, 0) is 6.54 Å². The van der Waals surface area contributed by atoms with Gasteiger partial charge in [-0.2, -0.15) is 5.10 Å². The number of hydrogen-bond donors (Lipinski definition) is 2. The second kappa shape index (κ2) is 5.47. The first kappa shape index (κ1) is 13.5. The molecule has 6 nitrogen and oxygen atoms in total. The Labute approximate surface area is 123 Å². The van der Waals surface area contributed by atoms with Crippen molar-refractivity contribution >= 4 is 11.9 Å². The summed E-state index contributed by atoms with van der Waals surface area (Å²) in [5, 5.41) is 16.4. The second-order valence-electron chi connectivity index (χ2n) is 5.27. The van der Waals surface area contributed by atoms with Gasteiger partial charge in [-0.25, -0.2) is 4.79 Å². The largest absolute Gasteiger partial charge is 0.465 e. The number of fused-ring (bicyclic) bond motifs is 1. The van der Waals surface area contributed by atoms with Gasteiger partial charge in [-0.3, -0.25) is 5.10 Å². The summed E-state index contributed by atoms with van der Waals surface area (Å²) in [6.45, 7) is 1.57. The molecule has 1 aliphatic rings. The maximum absolute atomic E-state index is 11.2. The van der Waals surface area contributed by atoms with Crippen LogP contribution in [0, 0.1) is 0 Å². The Kier molecular flexibility index (Phi) is 3.51. The number of aromatic nitrogens is 2. The molecule has 0 spiro atoms. The van der Waals surface area contributed by atoms with E-state index in [1.807, 2.05) is 18.2 Å². The Bertz CT molecular complexity index is 626. The van der Waals surface area contributed by atoms with Crippen molar-refractivity contribution < 1.29 is 9.90 Å². The van der Waals surface area contributed by atoms with Crippen LogP contribution in [0.2, 0.25) is 0 Å². The molecule has 21 heavy (non-hydrogen) atoms. The zero-order valence-electron chi connectivity index (χ0n) is 11.9. The Morgan fingerprint density at radius 2 is 2.24 bits per heavy atom. The third kappa shape index (κ3) is 2.56. The number of amides is 1. The summed E-state index contributed by atoms with van der Waals surface area (Å²) in [5.41, 5.74) is 2.17. The molecule has 2 heterocycles. The zero-order chi connectivity index (χ0) is 14.8. The highest BCUT2D eigenvalue weighted by molar-refractivity contribution is 5.66. The number of rotatable bonds is 3. The fraction of sp³-hybridized carbons (Fsp3) is 0.333. The second-order valence-corrected chi connectivity index (χ2v) is 5.27. The summed E-state index contributed by atoms with van der Waals surface area (Å²) in [6.07, 6.45) is 1.65. The van der Waals surface area contributed by atoms with Gasteiger partial charge in [0.25, 0.3) is 0 Å². The highest BCUT2D eigenvalue weighted by Gasteiger charge is 2.31. The number of nitrogens with one attached hydrogen (secondary N) is 1. The predicted molar refractivity (Wildman–Crippen MR) is 79.2 cm³/mol. The Morgan fingerprint density at radius 1 is 1.48 bits per heavy atom. The van der Waals surface area contributed by atoms with Gasteiger partial charge in [-0.15, -0.1) is 0 Å². The van der Waals surface area contributed by atoms with Gasteiger partial charge in [0.05, 0.1) is 6.04 Å². The van der Waals surface area contributed by atoms with E-state index in [9.17, 15) is 9.90 Å². The van der Waals surface area contributed by atoms with Crippen LogP contribution >= 0.6 is 0 Å². The van der Waals surface area contributed by atoms with E-state index >= 15 is 0 Å². The number of carbonyl (C=O) groups is 1. The number of aromatic amines is 1. The highest BCUT2D eigenvalue weighted by Crippen LogP contribution is 2.35. The molecule has 6 heteroatoms. The molecule has 1 atom stereocenters. The number of anilines is 1. The monoisotopic (exact) mass is 286 g/mol. The predicted octanol–water partition coefficient (Wildman–Crippen LogP) is 2.47. The third-order valence-electron chi connectivity index (χ3n) is 3.97. The van der Waals surface area contributed by atoms with E-state index in [1.54, 1.807) is 13.2 Å². The first-order chi connectivity index (χ1) is 10.2. The molecule has 0 bridgehead atoms. The maximum atomic E-state index is 11.2. The summed E-state index contributed by atoms with van der Waals surface area (Å²) in [7, 11) is 1.61. The molecule has 1 aliphatic heterocycles. The molecule has 3 rings (SSSR count). The SMILES string of the molecule is CN(C(=O)O)C1CCN(Cc2ccccc2)c2n[nH]cc21. The molecular weight excluding hydrogens is 268 g/mol. The van der Waals surface area contributed by atoms with Gasteiger partial charge < -0.3 is 14.9 Å². The van der Waals surface area contributed by atoms with E-state index in [1.165, 1.54) is 10.5 Å². The van der Waals surface area contributed by atoms with Crippen molar-refractivity contribution in [2.75, 3.05) is 18.5 Å². The van der Waals surface area contributed by atoms with Crippen LogP contribution in [0.15, 0.2) is 36.5 Å². The van der Waals surface area contributed by atoms with Crippen LogP contribution in [0.3, 0.4) is 0 Å². The number of nitrogens with zero attached hydrogens (tertiary/aromatic N) is 3. The highest BCUT2D eigenvalue weighted by atomic mass is 16.4. The van der Waals surface area contributed by atoms with Crippen LogP contribution in [-0.4, -0.2) is 39.9 Å². The van der Waals surface area contributed by atoms with Crippen molar-refractivity contribution in [3.05, 3.63) is 47.7 Å². The molecule has 0 radical (unpaired) electrons. The molecule has 0 aliphatic carbocycles. The molecule has 1 unspecified atom stereocenters. The van der Waals surface area contributed by atoms with Gasteiger partial charge in [0, 0.05) is 31.9 Å².